The molecule has 98 valence electrons. The van der Waals surface area contributed by atoms with Crippen LogP contribution in [0.1, 0.15) is 29.9 Å². The van der Waals surface area contributed by atoms with E-state index in [1.165, 1.54) is 5.56 Å². The van der Waals surface area contributed by atoms with Crippen LogP contribution < -0.4 is 10.6 Å². The SMILES string of the molecule is O=C1CCC(NC(=O)C2Cc3ccccc32)C(=O)N1. The van der Waals surface area contributed by atoms with E-state index in [1.807, 2.05) is 24.3 Å². The fraction of sp³-hybridized carbons (Fsp3) is 0.357. The van der Waals surface area contributed by atoms with Gasteiger partial charge in [0.15, 0.2) is 0 Å². The summed E-state index contributed by atoms with van der Waals surface area (Å²) in [5.74, 6) is -0.975. The third kappa shape index (κ3) is 2.12. The van der Waals surface area contributed by atoms with E-state index in [-0.39, 0.29) is 24.2 Å². The zero-order valence-corrected chi connectivity index (χ0v) is 10.3. The maximum absolute atomic E-state index is 12.1. The van der Waals surface area contributed by atoms with Gasteiger partial charge in [-0.15, -0.1) is 0 Å². The molecule has 5 nitrogen and oxygen atoms in total. The van der Waals surface area contributed by atoms with Crippen LogP contribution in [0.2, 0.25) is 0 Å². The van der Waals surface area contributed by atoms with Gasteiger partial charge < -0.3 is 5.32 Å². The molecule has 0 aromatic heterocycles. The van der Waals surface area contributed by atoms with Gasteiger partial charge in [0, 0.05) is 6.42 Å². The van der Waals surface area contributed by atoms with Crippen molar-refractivity contribution in [2.75, 3.05) is 0 Å². The first-order chi connectivity index (χ1) is 9.15. The number of carbonyl (C=O) groups excluding carboxylic acids is 3. The summed E-state index contributed by atoms with van der Waals surface area (Å²) in [7, 11) is 0. The first-order valence-electron chi connectivity index (χ1n) is 6.37. The summed E-state index contributed by atoms with van der Waals surface area (Å²) in [6.07, 6.45) is 1.37. The monoisotopic (exact) mass is 258 g/mol. The lowest BCUT2D eigenvalue weighted by Crippen LogP contribution is -2.53. The van der Waals surface area contributed by atoms with Crippen LogP contribution in [0.3, 0.4) is 0 Å². The minimum atomic E-state index is -0.585. The molecule has 1 aliphatic heterocycles. The maximum atomic E-state index is 12.1. The van der Waals surface area contributed by atoms with Crippen LogP contribution >= 0.6 is 0 Å². The number of carbonyl (C=O) groups is 3. The summed E-state index contributed by atoms with van der Waals surface area (Å²) in [5, 5.41) is 4.97. The second-order valence-electron chi connectivity index (χ2n) is 4.97. The molecule has 0 radical (unpaired) electrons. The number of amides is 3. The van der Waals surface area contributed by atoms with E-state index in [4.69, 9.17) is 0 Å². The van der Waals surface area contributed by atoms with Crippen molar-refractivity contribution in [2.45, 2.75) is 31.2 Å². The van der Waals surface area contributed by atoms with Gasteiger partial charge in [0.1, 0.15) is 6.04 Å². The minimum Gasteiger partial charge on any atom is -0.344 e. The molecule has 1 saturated heterocycles. The lowest BCUT2D eigenvalue weighted by molar-refractivity contribution is -0.137. The van der Waals surface area contributed by atoms with Gasteiger partial charge in [-0.1, -0.05) is 24.3 Å². The number of hydrogen-bond acceptors (Lipinski definition) is 3. The van der Waals surface area contributed by atoms with Gasteiger partial charge in [-0.05, 0) is 24.0 Å². The van der Waals surface area contributed by atoms with Gasteiger partial charge in [0.2, 0.25) is 17.7 Å². The highest BCUT2D eigenvalue weighted by atomic mass is 16.2. The lowest BCUT2D eigenvalue weighted by Gasteiger charge is -2.31. The van der Waals surface area contributed by atoms with Crippen LogP contribution in [-0.4, -0.2) is 23.8 Å². The normalized spacial score (nSPS) is 25.1. The second kappa shape index (κ2) is 4.50. The third-order valence-corrected chi connectivity index (χ3v) is 3.73. The van der Waals surface area contributed by atoms with E-state index < -0.39 is 11.9 Å². The molecule has 3 rings (SSSR count). The molecule has 2 unspecified atom stereocenters. The van der Waals surface area contributed by atoms with Crippen molar-refractivity contribution in [3.8, 4) is 0 Å². The molecule has 19 heavy (non-hydrogen) atoms. The van der Waals surface area contributed by atoms with Gasteiger partial charge in [0.05, 0.1) is 5.92 Å². The average Bonchev–Trinajstić information content (AvgIpc) is 2.34. The molecule has 1 aliphatic carbocycles. The van der Waals surface area contributed by atoms with Crippen molar-refractivity contribution in [2.24, 2.45) is 0 Å². The van der Waals surface area contributed by atoms with E-state index in [0.29, 0.717) is 6.42 Å². The Morgan fingerprint density at radius 1 is 1.26 bits per heavy atom. The van der Waals surface area contributed by atoms with Gasteiger partial charge in [0.25, 0.3) is 0 Å². The Morgan fingerprint density at radius 2 is 2.05 bits per heavy atom. The second-order valence-corrected chi connectivity index (χ2v) is 4.97. The fourth-order valence-corrected chi connectivity index (χ4v) is 2.60. The molecule has 5 heteroatoms. The zero-order chi connectivity index (χ0) is 13.4. The van der Waals surface area contributed by atoms with Crippen LogP contribution in [-0.2, 0) is 20.8 Å². The van der Waals surface area contributed by atoms with Crippen molar-refractivity contribution in [3.05, 3.63) is 35.4 Å². The number of nitrogens with one attached hydrogen (secondary N) is 2. The van der Waals surface area contributed by atoms with E-state index >= 15 is 0 Å². The first-order valence-corrected chi connectivity index (χ1v) is 6.37. The highest BCUT2D eigenvalue weighted by Gasteiger charge is 2.35. The van der Waals surface area contributed by atoms with Crippen LogP contribution in [0.25, 0.3) is 0 Å². The predicted molar refractivity (Wildman–Crippen MR) is 67.2 cm³/mol. The van der Waals surface area contributed by atoms with Crippen LogP contribution in [0.5, 0.6) is 0 Å². The van der Waals surface area contributed by atoms with Gasteiger partial charge in [-0.25, -0.2) is 0 Å². The first kappa shape index (κ1) is 11.9. The Kier molecular flexibility index (Phi) is 2.81. The molecule has 1 aromatic carbocycles. The number of imide groups is 1. The molecule has 0 saturated carbocycles. The lowest BCUT2D eigenvalue weighted by atomic mass is 9.77. The molecule has 2 atom stereocenters. The predicted octanol–water partition coefficient (Wildman–Crippen LogP) is 0.248. The number of piperidine rings is 1. The topological polar surface area (TPSA) is 75.3 Å². The standard InChI is InChI=1S/C14H14N2O3/c17-12-6-5-11(14(19)16-12)15-13(18)10-7-8-3-1-2-4-9(8)10/h1-4,10-11H,5-7H2,(H,15,18)(H,16,17,19). The summed E-state index contributed by atoms with van der Waals surface area (Å²) in [6, 6.07) is 7.22. The number of fused-ring (bicyclic) bond motifs is 1. The molecule has 2 aliphatic rings. The zero-order valence-electron chi connectivity index (χ0n) is 10.3. The molecular weight excluding hydrogens is 244 g/mol. The van der Waals surface area contributed by atoms with Gasteiger partial charge >= 0.3 is 0 Å². The van der Waals surface area contributed by atoms with Crippen molar-refractivity contribution in [1.29, 1.82) is 0 Å². The molecule has 0 bridgehead atoms. The summed E-state index contributed by atoms with van der Waals surface area (Å²) in [6.45, 7) is 0. The Hall–Kier alpha value is -2.17. The highest BCUT2D eigenvalue weighted by molar-refractivity contribution is 6.02. The van der Waals surface area contributed by atoms with E-state index in [2.05, 4.69) is 10.6 Å². The Labute approximate surface area is 110 Å². The van der Waals surface area contributed by atoms with E-state index in [0.717, 1.165) is 12.0 Å². The highest BCUT2D eigenvalue weighted by Crippen LogP contribution is 2.34. The van der Waals surface area contributed by atoms with Crippen LogP contribution in [0.15, 0.2) is 24.3 Å². The van der Waals surface area contributed by atoms with Gasteiger partial charge in [-0.3, -0.25) is 19.7 Å². The Bertz CT molecular complexity index is 568. The smallest absolute Gasteiger partial charge is 0.249 e. The average molecular weight is 258 g/mol. The molecule has 0 spiro atoms. The van der Waals surface area contributed by atoms with E-state index in [1.54, 1.807) is 0 Å². The molecule has 2 N–H and O–H groups in total. The number of benzene rings is 1. The fourth-order valence-electron chi connectivity index (χ4n) is 2.60. The minimum absolute atomic E-state index is 0.131. The van der Waals surface area contributed by atoms with Gasteiger partial charge in [-0.2, -0.15) is 0 Å². The molecular formula is C14H14N2O3. The Balaban J connectivity index is 1.64. The summed E-state index contributed by atoms with van der Waals surface area (Å²) < 4.78 is 0. The van der Waals surface area contributed by atoms with E-state index in [9.17, 15) is 14.4 Å². The summed E-state index contributed by atoms with van der Waals surface area (Å²) in [5.41, 5.74) is 2.22. The summed E-state index contributed by atoms with van der Waals surface area (Å²) >= 11 is 0. The number of hydrogen-bond donors (Lipinski definition) is 2. The molecule has 3 amide bonds. The quantitative estimate of drug-likeness (QED) is 0.747. The van der Waals surface area contributed by atoms with Crippen molar-refractivity contribution >= 4 is 17.7 Å². The Morgan fingerprint density at radius 3 is 2.79 bits per heavy atom. The van der Waals surface area contributed by atoms with Crippen molar-refractivity contribution in [3.63, 3.8) is 0 Å². The van der Waals surface area contributed by atoms with Crippen LogP contribution in [0, 0.1) is 0 Å². The van der Waals surface area contributed by atoms with Crippen LogP contribution in [0.4, 0.5) is 0 Å². The molecule has 1 fully saturated rings. The number of rotatable bonds is 2. The third-order valence-electron chi connectivity index (χ3n) is 3.73. The maximum Gasteiger partial charge on any atom is 0.249 e. The summed E-state index contributed by atoms with van der Waals surface area (Å²) in [4.78, 5) is 34.7. The van der Waals surface area contributed by atoms with Crippen molar-refractivity contribution < 1.29 is 14.4 Å². The largest absolute Gasteiger partial charge is 0.344 e. The van der Waals surface area contributed by atoms with Crippen molar-refractivity contribution in [1.82, 2.24) is 10.6 Å². The molecule has 1 heterocycles. The molecule has 1 aromatic rings.